The lowest BCUT2D eigenvalue weighted by Crippen LogP contribution is -2.21. The average molecular weight is 376 g/mol. The third-order valence-electron chi connectivity index (χ3n) is 4.62. The Balaban J connectivity index is 1.55. The number of carbonyl (C=O) groups is 1. The zero-order valence-corrected chi connectivity index (χ0v) is 16.1. The Labute approximate surface area is 161 Å². The molecule has 0 spiro atoms. The van der Waals surface area contributed by atoms with Gasteiger partial charge in [0.1, 0.15) is 10.6 Å². The van der Waals surface area contributed by atoms with Crippen molar-refractivity contribution in [3.63, 3.8) is 0 Å². The molecule has 0 fully saturated rings. The number of aryl methyl sites for hydroxylation is 1. The number of rotatable bonds is 5. The lowest BCUT2D eigenvalue weighted by molar-refractivity contribution is 0.0955. The molecule has 0 radical (unpaired) electrons. The summed E-state index contributed by atoms with van der Waals surface area (Å²) in [5.74, 6) is 0.727. The Morgan fingerprint density at radius 3 is 2.56 bits per heavy atom. The van der Waals surface area contributed by atoms with Crippen LogP contribution in [0.25, 0.3) is 21.1 Å². The van der Waals surface area contributed by atoms with Crippen molar-refractivity contribution in [1.29, 1.82) is 0 Å². The highest BCUT2D eigenvalue weighted by Gasteiger charge is 2.12. The van der Waals surface area contributed by atoms with Crippen LogP contribution in [0.4, 0.5) is 0 Å². The van der Waals surface area contributed by atoms with E-state index in [1.807, 2.05) is 24.3 Å². The summed E-state index contributed by atoms with van der Waals surface area (Å²) in [5, 5.41) is 4.97. The molecule has 5 heteroatoms. The van der Waals surface area contributed by atoms with Crippen molar-refractivity contribution in [2.75, 3.05) is 7.11 Å². The van der Waals surface area contributed by atoms with Crippen LogP contribution in [0.5, 0.6) is 5.75 Å². The minimum absolute atomic E-state index is 0.0702. The van der Waals surface area contributed by atoms with Crippen LogP contribution in [0.15, 0.2) is 54.6 Å². The Morgan fingerprint density at radius 2 is 1.81 bits per heavy atom. The van der Waals surface area contributed by atoms with Crippen molar-refractivity contribution in [3.8, 4) is 5.75 Å². The second-order valence-electron chi connectivity index (χ2n) is 6.40. The van der Waals surface area contributed by atoms with E-state index in [0.29, 0.717) is 11.4 Å². The van der Waals surface area contributed by atoms with Crippen molar-refractivity contribution >= 4 is 38.4 Å². The lowest BCUT2D eigenvalue weighted by atomic mass is 10.1. The number of hydrogen-bond acceptors (Lipinski definition) is 4. The van der Waals surface area contributed by atoms with Gasteiger partial charge in [-0.2, -0.15) is 0 Å². The van der Waals surface area contributed by atoms with Gasteiger partial charge in [-0.3, -0.25) is 4.79 Å². The topological polar surface area (TPSA) is 51.2 Å². The van der Waals surface area contributed by atoms with E-state index >= 15 is 0 Å². The average Bonchev–Trinajstić information content (AvgIpc) is 3.13. The Bertz CT molecular complexity index is 1120. The Hall–Kier alpha value is -2.92. The molecule has 4 nitrogen and oxygen atoms in total. The fraction of sp³-hybridized carbons (Fsp3) is 0.182. The number of nitrogens with one attached hydrogen (secondary N) is 1. The van der Waals surface area contributed by atoms with E-state index in [1.54, 1.807) is 7.11 Å². The standard InChI is InChI=1S/C22H20N2O2S/c1-3-14-4-6-15(7-5-14)13-23-21(25)20-12-17-10-16-11-18(26-2)8-9-19(16)24-22(17)27-20/h4-12H,3,13H2,1-2H3,(H,23,25). The molecule has 0 aliphatic rings. The number of ether oxygens (including phenoxy) is 1. The predicted octanol–water partition coefficient (Wildman–Crippen LogP) is 4.95. The lowest BCUT2D eigenvalue weighted by Gasteiger charge is -2.04. The van der Waals surface area contributed by atoms with Gasteiger partial charge in [-0.05, 0) is 47.9 Å². The summed E-state index contributed by atoms with van der Waals surface area (Å²) in [7, 11) is 1.65. The third kappa shape index (κ3) is 3.64. The first kappa shape index (κ1) is 17.5. The molecule has 2 aromatic heterocycles. The van der Waals surface area contributed by atoms with Gasteiger partial charge >= 0.3 is 0 Å². The number of fused-ring (bicyclic) bond motifs is 2. The summed E-state index contributed by atoms with van der Waals surface area (Å²) in [6.45, 7) is 2.65. The molecule has 4 rings (SSSR count). The molecule has 0 aliphatic carbocycles. The number of aromatic nitrogens is 1. The summed E-state index contributed by atoms with van der Waals surface area (Å²) in [4.78, 5) is 18.8. The number of hydrogen-bond donors (Lipinski definition) is 1. The molecule has 4 aromatic rings. The zero-order valence-electron chi connectivity index (χ0n) is 15.3. The van der Waals surface area contributed by atoms with Crippen LogP contribution in [-0.2, 0) is 13.0 Å². The van der Waals surface area contributed by atoms with E-state index in [4.69, 9.17) is 4.74 Å². The van der Waals surface area contributed by atoms with Gasteiger partial charge in [0.15, 0.2) is 0 Å². The molecular weight excluding hydrogens is 356 g/mol. The molecule has 0 bridgehead atoms. The summed E-state index contributed by atoms with van der Waals surface area (Å²) in [5.41, 5.74) is 3.29. The van der Waals surface area contributed by atoms with Gasteiger partial charge in [0.05, 0.1) is 17.5 Å². The number of benzene rings is 2. The maximum absolute atomic E-state index is 12.6. The van der Waals surface area contributed by atoms with Gasteiger partial charge in [-0.15, -0.1) is 11.3 Å². The normalized spacial score (nSPS) is 11.0. The fourth-order valence-corrected chi connectivity index (χ4v) is 3.95. The molecule has 27 heavy (non-hydrogen) atoms. The highest BCUT2D eigenvalue weighted by molar-refractivity contribution is 7.20. The summed E-state index contributed by atoms with van der Waals surface area (Å²) in [6.07, 6.45) is 1.02. The first-order valence-corrected chi connectivity index (χ1v) is 9.72. The number of thiophene rings is 1. The smallest absolute Gasteiger partial charge is 0.261 e. The highest BCUT2D eigenvalue weighted by atomic mass is 32.1. The first-order valence-electron chi connectivity index (χ1n) is 8.90. The van der Waals surface area contributed by atoms with Gasteiger partial charge in [-0.25, -0.2) is 4.98 Å². The van der Waals surface area contributed by atoms with Gasteiger partial charge < -0.3 is 10.1 Å². The molecule has 0 unspecified atom stereocenters. The molecule has 0 aliphatic heterocycles. The third-order valence-corrected chi connectivity index (χ3v) is 5.66. The molecule has 1 N–H and O–H groups in total. The van der Waals surface area contributed by atoms with E-state index in [1.165, 1.54) is 16.9 Å². The van der Waals surface area contributed by atoms with E-state index in [2.05, 4.69) is 47.6 Å². The van der Waals surface area contributed by atoms with Crippen molar-refractivity contribution in [2.45, 2.75) is 19.9 Å². The van der Waals surface area contributed by atoms with Gasteiger partial charge in [-0.1, -0.05) is 31.2 Å². The van der Waals surface area contributed by atoms with Crippen molar-refractivity contribution in [3.05, 3.63) is 70.6 Å². The minimum atomic E-state index is -0.0702. The van der Waals surface area contributed by atoms with E-state index in [-0.39, 0.29) is 5.91 Å². The fourth-order valence-electron chi connectivity index (χ4n) is 3.01. The van der Waals surface area contributed by atoms with Crippen LogP contribution < -0.4 is 10.1 Å². The van der Waals surface area contributed by atoms with Gasteiger partial charge in [0, 0.05) is 17.3 Å². The number of methoxy groups -OCH3 is 1. The second-order valence-corrected chi connectivity index (χ2v) is 7.44. The Kier molecular flexibility index (Phi) is 4.77. The van der Waals surface area contributed by atoms with Gasteiger partial charge in [0.25, 0.3) is 5.91 Å². The monoisotopic (exact) mass is 376 g/mol. The van der Waals surface area contributed by atoms with Crippen molar-refractivity contribution in [1.82, 2.24) is 10.3 Å². The van der Waals surface area contributed by atoms with Crippen LogP contribution >= 0.6 is 11.3 Å². The Morgan fingerprint density at radius 1 is 1.04 bits per heavy atom. The SMILES string of the molecule is CCc1ccc(CNC(=O)c2cc3cc4cc(OC)ccc4nc3s2)cc1. The number of amides is 1. The number of nitrogens with zero attached hydrogens (tertiary/aromatic N) is 1. The van der Waals surface area contributed by atoms with Crippen LogP contribution in [0.1, 0.15) is 27.7 Å². The van der Waals surface area contributed by atoms with Gasteiger partial charge in [0.2, 0.25) is 0 Å². The minimum Gasteiger partial charge on any atom is -0.497 e. The molecule has 2 heterocycles. The number of pyridine rings is 1. The van der Waals surface area contributed by atoms with Crippen LogP contribution in [0, 0.1) is 0 Å². The van der Waals surface area contributed by atoms with Crippen LogP contribution in [0.3, 0.4) is 0 Å². The van der Waals surface area contributed by atoms with E-state index < -0.39 is 0 Å². The summed E-state index contributed by atoms with van der Waals surface area (Å²) >= 11 is 1.42. The molecule has 2 aromatic carbocycles. The van der Waals surface area contributed by atoms with Crippen molar-refractivity contribution < 1.29 is 9.53 Å². The predicted molar refractivity (Wildman–Crippen MR) is 111 cm³/mol. The zero-order chi connectivity index (χ0) is 18.8. The largest absolute Gasteiger partial charge is 0.497 e. The molecule has 0 atom stereocenters. The maximum atomic E-state index is 12.6. The maximum Gasteiger partial charge on any atom is 0.261 e. The molecule has 0 saturated carbocycles. The molecule has 0 saturated heterocycles. The van der Waals surface area contributed by atoms with Crippen LogP contribution in [-0.4, -0.2) is 18.0 Å². The molecular formula is C22H20N2O2S. The van der Waals surface area contributed by atoms with Crippen LogP contribution in [0.2, 0.25) is 0 Å². The van der Waals surface area contributed by atoms with E-state index in [0.717, 1.165) is 38.9 Å². The second kappa shape index (κ2) is 7.37. The summed E-state index contributed by atoms with van der Waals surface area (Å²) in [6, 6.07) is 18.1. The highest BCUT2D eigenvalue weighted by Crippen LogP contribution is 2.29. The number of carbonyl (C=O) groups excluding carboxylic acids is 1. The van der Waals surface area contributed by atoms with E-state index in [9.17, 15) is 4.79 Å². The first-order chi connectivity index (χ1) is 13.2. The summed E-state index contributed by atoms with van der Waals surface area (Å²) < 4.78 is 5.28. The quantitative estimate of drug-likeness (QED) is 0.536. The molecule has 136 valence electrons. The van der Waals surface area contributed by atoms with Crippen molar-refractivity contribution in [2.24, 2.45) is 0 Å². The molecule has 1 amide bonds.